The van der Waals surface area contributed by atoms with E-state index in [1.54, 1.807) is 0 Å². The van der Waals surface area contributed by atoms with Gasteiger partial charge in [0.15, 0.2) is 0 Å². The van der Waals surface area contributed by atoms with Gasteiger partial charge in [0.1, 0.15) is 5.75 Å². The Balaban J connectivity index is 2.82. The SMILES string of the molecule is C=CCC(C)CCc1c(O)cccc1[N+](=O)[O-]. The van der Waals surface area contributed by atoms with Gasteiger partial charge in [0, 0.05) is 6.07 Å². The zero-order chi connectivity index (χ0) is 12.8. The highest BCUT2D eigenvalue weighted by Crippen LogP contribution is 2.29. The summed E-state index contributed by atoms with van der Waals surface area (Å²) < 4.78 is 0. The lowest BCUT2D eigenvalue weighted by atomic mass is 9.97. The molecule has 4 nitrogen and oxygen atoms in total. The topological polar surface area (TPSA) is 63.4 Å². The molecular formula is C13H17NO3. The first-order valence-electron chi connectivity index (χ1n) is 5.62. The van der Waals surface area contributed by atoms with Gasteiger partial charge in [-0.2, -0.15) is 0 Å². The largest absolute Gasteiger partial charge is 0.507 e. The number of phenolic OH excluding ortho intramolecular Hbond substituents is 1. The van der Waals surface area contributed by atoms with Crippen molar-refractivity contribution in [2.45, 2.75) is 26.2 Å². The molecule has 92 valence electrons. The first-order valence-corrected chi connectivity index (χ1v) is 5.62. The average molecular weight is 235 g/mol. The summed E-state index contributed by atoms with van der Waals surface area (Å²) in [6.07, 6.45) is 4.02. The molecule has 0 amide bonds. The third-order valence-corrected chi connectivity index (χ3v) is 2.78. The van der Waals surface area contributed by atoms with Gasteiger partial charge in [-0.1, -0.05) is 19.1 Å². The fourth-order valence-corrected chi connectivity index (χ4v) is 1.78. The summed E-state index contributed by atoms with van der Waals surface area (Å²) in [6.45, 7) is 5.72. The highest BCUT2D eigenvalue weighted by molar-refractivity contribution is 5.48. The molecule has 1 N–H and O–H groups in total. The first-order chi connectivity index (χ1) is 8.06. The average Bonchev–Trinajstić information content (AvgIpc) is 2.27. The number of allylic oxidation sites excluding steroid dienone is 1. The van der Waals surface area contributed by atoms with E-state index in [4.69, 9.17) is 0 Å². The van der Waals surface area contributed by atoms with Gasteiger partial charge in [-0.15, -0.1) is 6.58 Å². The third-order valence-electron chi connectivity index (χ3n) is 2.78. The number of nitro groups is 1. The smallest absolute Gasteiger partial charge is 0.276 e. The monoisotopic (exact) mass is 235 g/mol. The van der Waals surface area contributed by atoms with E-state index in [0.717, 1.165) is 12.8 Å². The summed E-state index contributed by atoms with van der Waals surface area (Å²) in [5.74, 6) is 0.414. The summed E-state index contributed by atoms with van der Waals surface area (Å²) in [5, 5.41) is 20.5. The van der Waals surface area contributed by atoms with Crippen molar-refractivity contribution in [3.63, 3.8) is 0 Å². The van der Waals surface area contributed by atoms with Gasteiger partial charge in [-0.25, -0.2) is 0 Å². The minimum atomic E-state index is -0.451. The normalized spacial score (nSPS) is 12.1. The number of nitrogens with zero attached hydrogens (tertiary/aromatic N) is 1. The molecule has 1 aromatic carbocycles. The first kappa shape index (κ1) is 13.2. The van der Waals surface area contributed by atoms with Crippen LogP contribution in [0.25, 0.3) is 0 Å². The van der Waals surface area contributed by atoms with Crippen LogP contribution >= 0.6 is 0 Å². The number of benzene rings is 1. The van der Waals surface area contributed by atoms with Gasteiger partial charge in [0.25, 0.3) is 5.69 Å². The summed E-state index contributed by atoms with van der Waals surface area (Å²) in [4.78, 5) is 10.4. The lowest BCUT2D eigenvalue weighted by Gasteiger charge is -2.09. The van der Waals surface area contributed by atoms with Crippen molar-refractivity contribution in [3.8, 4) is 5.75 Å². The third kappa shape index (κ3) is 3.59. The van der Waals surface area contributed by atoms with Gasteiger partial charge >= 0.3 is 0 Å². The van der Waals surface area contributed by atoms with E-state index in [-0.39, 0.29) is 11.4 Å². The fraction of sp³-hybridized carbons (Fsp3) is 0.385. The predicted octanol–water partition coefficient (Wildman–Crippen LogP) is 3.45. The van der Waals surface area contributed by atoms with Crippen LogP contribution in [-0.4, -0.2) is 10.0 Å². The van der Waals surface area contributed by atoms with Crippen LogP contribution in [0.4, 0.5) is 5.69 Å². The second kappa shape index (κ2) is 6.03. The van der Waals surface area contributed by atoms with Crippen LogP contribution in [0.5, 0.6) is 5.75 Å². The molecule has 0 saturated heterocycles. The van der Waals surface area contributed by atoms with Crippen LogP contribution in [0.2, 0.25) is 0 Å². The van der Waals surface area contributed by atoms with Crippen LogP contribution < -0.4 is 0 Å². The Labute approximate surface area is 101 Å². The molecule has 1 atom stereocenters. The van der Waals surface area contributed by atoms with Gasteiger partial charge in [0.2, 0.25) is 0 Å². The van der Waals surface area contributed by atoms with Gasteiger partial charge < -0.3 is 5.11 Å². The van der Waals surface area contributed by atoms with Crippen molar-refractivity contribution in [1.29, 1.82) is 0 Å². The Morgan fingerprint density at radius 3 is 2.88 bits per heavy atom. The minimum Gasteiger partial charge on any atom is -0.507 e. The molecule has 1 unspecified atom stereocenters. The molecule has 17 heavy (non-hydrogen) atoms. The van der Waals surface area contributed by atoms with Crippen LogP contribution in [0.15, 0.2) is 30.9 Å². The molecule has 4 heteroatoms. The number of rotatable bonds is 6. The Morgan fingerprint density at radius 1 is 1.59 bits per heavy atom. The van der Waals surface area contributed by atoms with E-state index in [9.17, 15) is 15.2 Å². The number of aromatic hydroxyl groups is 1. The van der Waals surface area contributed by atoms with E-state index < -0.39 is 4.92 Å². The van der Waals surface area contributed by atoms with Crippen LogP contribution in [0, 0.1) is 16.0 Å². The Bertz CT molecular complexity index is 415. The van der Waals surface area contributed by atoms with E-state index in [0.29, 0.717) is 17.9 Å². The zero-order valence-corrected chi connectivity index (χ0v) is 9.93. The summed E-state index contributed by atoms with van der Waals surface area (Å²) in [5.41, 5.74) is 0.421. The number of hydrogen-bond acceptors (Lipinski definition) is 3. The highest BCUT2D eigenvalue weighted by atomic mass is 16.6. The van der Waals surface area contributed by atoms with Gasteiger partial charge in [-0.3, -0.25) is 10.1 Å². The molecule has 0 aliphatic rings. The van der Waals surface area contributed by atoms with E-state index in [1.165, 1.54) is 18.2 Å². The second-order valence-electron chi connectivity index (χ2n) is 4.20. The van der Waals surface area contributed by atoms with Gasteiger partial charge in [-0.05, 0) is 31.2 Å². The molecule has 1 aromatic rings. The molecule has 0 saturated carbocycles. The van der Waals surface area contributed by atoms with E-state index in [2.05, 4.69) is 13.5 Å². The summed E-state index contributed by atoms with van der Waals surface area (Å²) in [7, 11) is 0. The van der Waals surface area contributed by atoms with Crippen LogP contribution in [-0.2, 0) is 6.42 Å². The van der Waals surface area contributed by atoms with Crippen molar-refractivity contribution in [2.24, 2.45) is 5.92 Å². The maximum atomic E-state index is 10.8. The molecule has 0 aliphatic carbocycles. The minimum absolute atomic E-state index is 0.00389. The zero-order valence-electron chi connectivity index (χ0n) is 9.93. The lowest BCUT2D eigenvalue weighted by Crippen LogP contribution is -2.00. The van der Waals surface area contributed by atoms with Crippen molar-refractivity contribution in [1.82, 2.24) is 0 Å². The van der Waals surface area contributed by atoms with E-state index >= 15 is 0 Å². The Hall–Kier alpha value is -1.84. The quantitative estimate of drug-likeness (QED) is 0.466. The molecule has 1 rings (SSSR count). The maximum Gasteiger partial charge on any atom is 0.276 e. The molecule has 0 heterocycles. The predicted molar refractivity (Wildman–Crippen MR) is 67.1 cm³/mol. The van der Waals surface area contributed by atoms with Gasteiger partial charge in [0.05, 0.1) is 10.5 Å². The van der Waals surface area contributed by atoms with Crippen LogP contribution in [0.3, 0.4) is 0 Å². The van der Waals surface area contributed by atoms with E-state index in [1.807, 2.05) is 6.08 Å². The molecule has 0 fully saturated rings. The molecular weight excluding hydrogens is 218 g/mol. The van der Waals surface area contributed by atoms with Crippen molar-refractivity contribution in [2.75, 3.05) is 0 Å². The Morgan fingerprint density at radius 2 is 2.29 bits per heavy atom. The van der Waals surface area contributed by atoms with Crippen molar-refractivity contribution < 1.29 is 10.0 Å². The standard InChI is InChI=1S/C13H17NO3/c1-3-5-10(2)8-9-11-12(14(16)17)6-4-7-13(11)15/h3-4,6-7,10,15H,1,5,8-9H2,2H3. The molecule has 0 bridgehead atoms. The molecule has 0 aliphatic heterocycles. The second-order valence-corrected chi connectivity index (χ2v) is 4.20. The molecule has 0 aromatic heterocycles. The fourth-order valence-electron chi connectivity index (χ4n) is 1.78. The van der Waals surface area contributed by atoms with Crippen molar-refractivity contribution >= 4 is 5.69 Å². The Kier molecular flexibility index (Phi) is 4.69. The number of phenols is 1. The van der Waals surface area contributed by atoms with Crippen molar-refractivity contribution in [3.05, 3.63) is 46.5 Å². The number of nitro benzene ring substituents is 1. The summed E-state index contributed by atoms with van der Waals surface area (Å²) in [6, 6.07) is 4.40. The molecule has 0 radical (unpaired) electrons. The lowest BCUT2D eigenvalue weighted by molar-refractivity contribution is -0.385. The highest BCUT2D eigenvalue weighted by Gasteiger charge is 2.17. The summed E-state index contributed by atoms with van der Waals surface area (Å²) >= 11 is 0. The number of hydrogen-bond donors (Lipinski definition) is 1. The molecule has 0 spiro atoms. The maximum absolute atomic E-state index is 10.8. The van der Waals surface area contributed by atoms with Crippen LogP contribution in [0.1, 0.15) is 25.3 Å².